The number of carbonyl (C=O) groups excluding carboxylic acids is 1. The summed E-state index contributed by atoms with van der Waals surface area (Å²) in [4.78, 5) is 44.5. The zero-order valence-corrected chi connectivity index (χ0v) is 21.5. The molecule has 1 fully saturated rings. The van der Waals surface area contributed by atoms with E-state index in [9.17, 15) is 14.4 Å². The number of carbonyl (C=O) groups is 1. The first-order valence-corrected chi connectivity index (χ1v) is 13.0. The van der Waals surface area contributed by atoms with E-state index in [0.717, 1.165) is 90.0 Å². The molecule has 35 heavy (non-hydrogen) atoms. The molecule has 0 radical (unpaired) electrons. The van der Waals surface area contributed by atoms with Gasteiger partial charge in [0.25, 0.3) is 5.56 Å². The second kappa shape index (κ2) is 13.6. The van der Waals surface area contributed by atoms with Crippen LogP contribution < -0.4 is 11.2 Å². The molecule has 3 rings (SSSR count). The molecule has 1 aliphatic rings. The number of imidazole rings is 1. The number of hydrogen-bond donors (Lipinski definition) is 1. The summed E-state index contributed by atoms with van der Waals surface area (Å²) in [6, 6.07) is 0. The second-order valence-electron chi connectivity index (χ2n) is 9.51. The molecule has 0 atom stereocenters. The summed E-state index contributed by atoms with van der Waals surface area (Å²) >= 11 is 0. The Morgan fingerprint density at radius 1 is 1.03 bits per heavy atom. The molecule has 10 heteroatoms. The number of H-pyrrole nitrogens is 1. The fourth-order valence-electron chi connectivity index (χ4n) is 4.78. The number of nitrogens with zero attached hydrogens (tertiary/aromatic N) is 4. The van der Waals surface area contributed by atoms with Crippen molar-refractivity contribution in [3.8, 4) is 0 Å². The number of hydrogen-bond acceptors (Lipinski definition) is 7. The summed E-state index contributed by atoms with van der Waals surface area (Å²) in [5.74, 6) is 0.629. The van der Waals surface area contributed by atoms with E-state index in [2.05, 4.69) is 19.6 Å². The fourth-order valence-corrected chi connectivity index (χ4v) is 4.78. The van der Waals surface area contributed by atoms with E-state index in [-0.39, 0.29) is 11.5 Å². The third-order valence-corrected chi connectivity index (χ3v) is 6.95. The molecule has 3 heterocycles. The third kappa shape index (κ3) is 7.76. The SMILES string of the molecule is COC(=O)CCCCCOC1CCN(CCCCCCn2c(C)nc3c2c(=O)[nH]c(=O)n3C)CC1. The normalized spacial score (nSPS) is 15.2. The first-order chi connectivity index (χ1) is 16.9. The minimum absolute atomic E-state index is 0.133. The highest BCUT2D eigenvalue weighted by molar-refractivity contribution is 5.70. The lowest BCUT2D eigenvalue weighted by molar-refractivity contribution is -0.140. The molecule has 1 N–H and O–H groups in total. The molecule has 2 aromatic heterocycles. The number of nitrogens with one attached hydrogen (secondary N) is 1. The molecule has 0 aliphatic carbocycles. The van der Waals surface area contributed by atoms with Crippen molar-refractivity contribution in [1.82, 2.24) is 24.0 Å². The predicted octanol–water partition coefficient (Wildman–Crippen LogP) is 2.51. The number of fused-ring (bicyclic) bond motifs is 1. The van der Waals surface area contributed by atoms with Crippen molar-refractivity contribution in [3.05, 3.63) is 26.7 Å². The van der Waals surface area contributed by atoms with Crippen LogP contribution in [0.2, 0.25) is 0 Å². The molecule has 10 nitrogen and oxygen atoms in total. The number of piperidine rings is 1. The van der Waals surface area contributed by atoms with Gasteiger partial charge in [0.2, 0.25) is 0 Å². The Balaban J connectivity index is 1.26. The predicted molar refractivity (Wildman–Crippen MR) is 135 cm³/mol. The van der Waals surface area contributed by atoms with E-state index < -0.39 is 5.69 Å². The number of aromatic amines is 1. The van der Waals surface area contributed by atoms with Crippen LogP contribution in [0, 0.1) is 6.92 Å². The Morgan fingerprint density at radius 2 is 1.71 bits per heavy atom. The highest BCUT2D eigenvalue weighted by Crippen LogP contribution is 2.16. The number of aromatic nitrogens is 4. The Labute approximate surface area is 206 Å². The average Bonchev–Trinajstić information content (AvgIpc) is 3.19. The standard InChI is InChI=1S/C25H41N5O5/c1-19-26-23-22(24(32)27-25(33)28(23)2)30(19)15-9-5-4-8-14-29-16-12-20(13-17-29)35-18-10-6-7-11-21(31)34-3/h20H,4-18H2,1-3H3,(H,27,32,33). The van der Waals surface area contributed by atoms with E-state index in [1.807, 2.05) is 11.5 Å². The second-order valence-corrected chi connectivity index (χ2v) is 9.51. The molecule has 0 unspecified atom stereocenters. The van der Waals surface area contributed by atoms with Crippen molar-refractivity contribution in [1.29, 1.82) is 0 Å². The lowest BCUT2D eigenvalue weighted by Gasteiger charge is -2.31. The lowest BCUT2D eigenvalue weighted by Crippen LogP contribution is -2.37. The molecular weight excluding hydrogens is 450 g/mol. The fraction of sp³-hybridized carbons (Fsp3) is 0.760. The minimum Gasteiger partial charge on any atom is -0.469 e. The van der Waals surface area contributed by atoms with Gasteiger partial charge in [0.15, 0.2) is 11.2 Å². The van der Waals surface area contributed by atoms with Crippen LogP contribution in [0.15, 0.2) is 9.59 Å². The Hall–Kier alpha value is -2.46. The van der Waals surface area contributed by atoms with E-state index in [0.29, 0.717) is 23.7 Å². The molecule has 0 amide bonds. The van der Waals surface area contributed by atoms with Crippen LogP contribution in [0.3, 0.4) is 0 Å². The van der Waals surface area contributed by atoms with Crippen LogP contribution in [0.25, 0.3) is 11.2 Å². The number of aryl methyl sites for hydroxylation is 3. The molecule has 196 valence electrons. The van der Waals surface area contributed by atoms with Gasteiger partial charge in [-0.2, -0.15) is 0 Å². The Bertz CT molecular complexity index is 1060. The number of methoxy groups -OCH3 is 1. The first-order valence-electron chi connectivity index (χ1n) is 13.0. The smallest absolute Gasteiger partial charge is 0.329 e. The van der Waals surface area contributed by atoms with Crippen molar-refractivity contribution < 1.29 is 14.3 Å². The van der Waals surface area contributed by atoms with Gasteiger partial charge in [-0.3, -0.25) is 19.1 Å². The van der Waals surface area contributed by atoms with Crippen molar-refractivity contribution in [2.45, 2.75) is 83.8 Å². The quantitative estimate of drug-likeness (QED) is 0.319. The minimum atomic E-state index is -0.435. The van der Waals surface area contributed by atoms with Crippen molar-refractivity contribution in [2.75, 3.05) is 33.4 Å². The molecule has 0 spiro atoms. The summed E-state index contributed by atoms with van der Waals surface area (Å²) in [7, 11) is 3.06. The highest BCUT2D eigenvalue weighted by Gasteiger charge is 2.19. The summed E-state index contributed by atoms with van der Waals surface area (Å²) in [6.07, 6.45) is 10.3. The molecule has 1 saturated heterocycles. The van der Waals surface area contributed by atoms with Gasteiger partial charge in [-0.05, 0) is 52.0 Å². The van der Waals surface area contributed by atoms with Gasteiger partial charge in [-0.25, -0.2) is 9.78 Å². The summed E-state index contributed by atoms with van der Waals surface area (Å²) in [5.41, 5.74) is 0.128. The number of esters is 1. The molecule has 2 aromatic rings. The number of rotatable bonds is 14. The maximum Gasteiger partial charge on any atom is 0.329 e. The summed E-state index contributed by atoms with van der Waals surface area (Å²) in [6.45, 7) is 6.69. The van der Waals surface area contributed by atoms with Crippen LogP contribution >= 0.6 is 0 Å². The van der Waals surface area contributed by atoms with Gasteiger partial charge >= 0.3 is 11.7 Å². The van der Waals surface area contributed by atoms with Crippen LogP contribution in [0.5, 0.6) is 0 Å². The van der Waals surface area contributed by atoms with Crippen LogP contribution in [0.1, 0.15) is 70.0 Å². The summed E-state index contributed by atoms with van der Waals surface area (Å²) in [5, 5.41) is 0. The van der Waals surface area contributed by atoms with Crippen LogP contribution in [-0.2, 0) is 27.9 Å². The molecule has 0 aromatic carbocycles. The number of likely N-dealkylation sites (tertiary alicyclic amines) is 1. The highest BCUT2D eigenvalue weighted by atomic mass is 16.5. The zero-order chi connectivity index (χ0) is 25.2. The summed E-state index contributed by atoms with van der Waals surface area (Å²) < 4.78 is 14.0. The molecule has 0 bridgehead atoms. The van der Waals surface area contributed by atoms with Gasteiger partial charge in [-0.15, -0.1) is 0 Å². The van der Waals surface area contributed by atoms with Gasteiger partial charge in [0.05, 0.1) is 13.2 Å². The maximum atomic E-state index is 12.3. The van der Waals surface area contributed by atoms with E-state index in [1.165, 1.54) is 18.1 Å². The van der Waals surface area contributed by atoms with Crippen molar-refractivity contribution in [3.63, 3.8) is 0 Å². The molecular formula is C25H41N5O5. The zero-order valence-electron chi connectivity index (χ0n) is 21.5. The molecule has 1 aliphatic heterocycles. The van der Waals surface area contributed by atoms with Crippen LogP contribution in [0.4, 0.5) is 0 Å². The van der Waals surface area contributed by atoms with Crippen molar-refractivity contribution in [2.24, 2.45) is 7.05 Å². The maximum absolute atomic E-state index is 12.3. The van der Waals surface area contributed by atoms with E-state index in [4.69, 9.17) is 4.74 Å². The Morgan fingerprint density at radius 3 is 2.43 bits per heavy atom. The van der Waals surface area contributed by atoms with Gasteiger partial charge in [0, 0.05) is 39.7 Å². The first kappa shape index (κ1) is 27.1. The van der Waals surface area contributed by atoms with E-state index in [1.54, 1.807) is 7.05 Å². The Kier molecular flexibility index (Phi) is 10.5. The topological polar surface area (TPSA) is 111 Å². The number of ether oxygens (including phenoxy) is 2. The van der Waals surface area contributed by atoms with Gasteiger partial charge < -0.3 is 18.9 Å². The van der Waals surface area contributed by atoms with Gasteiger partial charge in [-0.1, -0.05) is 19.3 Å². The molecule has 0 saturated carbocycles. The van der Waals surface area contributed by atoms with Gasteiger partial charge in [0.1, 0.15) is 5.82 Å². The van der Waals surface area contributed by atoms with Crippen molar-refractivity contribution >= 4 is 17.1 Å². The average molecular weight is 492 g/mol. The largest absolute Gasteiger partial charge is 0.469 e. The lowest BCUT2D eigenvalue weighted by atomic mass is 10.1. The number of unbranched alkanes of at least 4 members (excludes halogenated alkanes) is 5. The van der Waals surface area contributed by atoms with Crippen LogP contribution in [-0.4, -0.2) is 69.4 Å². The third-order valence-electron chi connectivity index (χ3n) is 6.95. The monoisotopic (exact) mass is 491 g/mol. The van der Waals surface area contributed by atoms with E-state index >= 15 is 0 Å².